The fraction of sp³-hybridized carbons (Fsp3) is 0.286. The molecule has 2 heterocycles. The molecule has 0 aliphatic rings. The number of amides is 1. The van der Waals surface area contributed by atoms with Crippen molar-refractivity contribution in [3.8, 4) is 0 Å². The number of nitrogen functional groups attached to an aromatic ring is 1. The molecule has 0 unspecified atom stereocenters. The lowest BCUT2D eigenvalue weighted by Gasteiger charge is -2.11. The number of carbonyl (C=O) groups excluding carboxylic acids is 1. The summed E-state index contributed by atoms with van der Waals surface area (Å²) < 4.78 is 0. The third-order valence-corrected chi connectivity index (χ3v) is 2.84. The zero-order valence-corrected chi connectivity index (χ0v) is 12.1. The van der Waals surface area contributed by atoms with E-state index >= 15 is 0 Å². The molecule has 0 aliphatic carbocycles. The molecule has 2 aromatic heterocycles. The van der Waals surface area contributed by atoms with Gasteiger partial charge in [-0.15, -0.1) is 10.2 Å². The van der Waals surface area contributed by atoms with Crippen LogP contribution in [0, 0.1) is 6.92 Å². The monoisotopic (exact) mass is 286 g/mol. The van der Waals surface area contributed by atoms with Crippen molar-refractivity contribution < 1.29 is 4.79 Å². The van der Waals surface area contributed by atoms with E-state index in [1.807, 2.05) is 19.1 Å². The van der Waals surface area contributed by atoms with E-state index in [2.05, 4.69) is 27.4 Å². The first-order valence-electron chi connectivity index (χ1n) is 6.67. The molecule has 0 aliphatic heterocycles. The maximum atomic E-state index is 11.4. The van der Waals surface area contributed by atoms with Gasteiger partial charge < -0.3 is 16.8 Å². The van der Waals surface area contributed by atoms with E-state index in [-0.39, 0.29) is 11.5 Å². The Hall–Kier alpha value is -2.70. The molecule has 0 bridgehead atoms. The van der Waals surface area contributed by atoms with Crippen LogP contribution in [0.1, 0.15) is 35.1 Å². The van der Waals surface area contributed by atoms with Crippen LogP contribution in [0.2, 0.25) is 0 Å². The number of nitrogens with zero attached hydrogens (tertiary/aromatic N) is 3. The molecule has 21 heavy (non-hydrogen) atoms. The Morgan fingerprint density at radius 2 is 2.05 bits per heavy atom. The number of rotatable bonds is 5. The van der Waals surface area contributed by atoms with Crippen molar-refractivity contribution in [2.75, 3.05) is 11.1 Å². The quantitative estimate of drug-likeness (QED) is 0.767. The first-order chi connectivity index (χ1) is 9.99. The Kier molecular flexibility index (Phi) is 4.32. The van der Waals surface area contributed by atoms with Gasteiger partial charge in [-0.1, -0.05) is 13.3 Å². The summed E-state index contributed by atoms with van der Waals surface area (Å²) in [6, 6.07) is 5.42. The zero-order valence-electron chi connectivity index (χ0n) is 12.1. The van der Waals surface area contributed by atoms with Crippen molar-refractivity contribution in [2.24, 2.45) is 5.73 Å². The van der Waals surface area contributed by atoms with E-state index < -0.39 is 5.91 Å². The Labute approximate surface area is 122 Å². The highest BCUT2D eigenvalue weighted by Crippen LogP contribution is 2.20. The van der Waals surface area contributed by atoms with Gasteiger partial charge in [0.1, 0.15) is 11.6 Å². The smallest absolute Gasteiger partial charge is 0.271 e. The van der Waals surface area contributed by atoms with Crippen LogP contribution in [0.15, 0.2) is 18.2 Å². The molecule has 5 N–H and O–H groups in total. The number of hydrogen-bond donors (Lipinski definition) is 3. The van der Waals surface area contributed by atoms with Gasteiger partial charge in [0, 0.05) is 11.8 Å². The fourth-order valence-electron chi connectivity index (χ4n) is 2.01. The van der Waals surface area contributed by atoms with Gasteiger partial charge in [-0.3, -0.25) is 4.79 Å². The average Bonchev–Trinajstić information content (AvgIpc) is 2.38. The molecule has 7 heteroatoms. The van der Waals surface area contributed by atoms with Gasteiger partial charge >= 0.3 is 0 Å². The number of carbonyl (C=O) groups is 1. The van der Waals surface area contributed by atoms with Crippen LogP contribution in [-0.2, 0) is 6.42 Å². The largest absolute Gasteiger partial charge is 0.382 e. The maximum Gasteiger partial charge on any atom is 0.271 e. The van der Waals surface area contributed by atoms with Gasteiger partial charge in [-0.25, -0.2) is 4.98 Å². The van der Waals surface area contributed by atoms with Crippen molar-refractivity contribution in [3.63, 3.8) is 0 Å². The summed E-state index contributed by atoms with van der Waals surface area (Å²) in [5, 5.41) is 10.4. The van der Waals surface area contributed by atoms with E-state index in [1.165, 1.54) is 6.07 Å². The summed E-state index contributed by atoms with van der Waals surface area (Å²) in [5.74, 6) is 0.142. The fourth-order valence-corrected chi connectivity index (χ4v) is 2.01. The van der Waals surface area contributed by atoms with Crippen LogP contribution in [0.5, 0.6) is 0 Å². The number of hydrogen-bond acceptors (Lipinski definition) is 6. The number of pyridine rings is 1. The Morgan fingerprint density at radius 3 is 2.71 bits per heavy atom. The number of primary amides is 1. The molecule has 0 atom stereocenters. The molecule has 0 radical (unpaired) electrons. The second kappa shape index (κ2) is 6.17. The molecule has 2 aromatic rings. The van der Waals surface area contributed by atoms with Crippen molar-refractivity contribution in [2.45, 2.75) is 26.7 Å². The van der Waals surface area contributed by atoms with Crippen LogP contribution in [0.4, 0.5) is 17.3 Å². The normalized spacial score (nSPS) is 10.4. The topological polar surface area (TPSA) is 120 Å². The van der Waals surface area contributed by atoms with E-state index in [1.54, 1.807) is 0 Å². The zero-order chi connectivity index (χ0) is 15.4. The standard InChI is InChI=1S/C14H18N6O/c1-3-4-9-5-8(2)6-12(17-9)18-10-7-11(15)19-20-13(10)14(16)21/h5-7H,3-4H2,1-2H3,(H2,16,21)(H3,15,17,18,19). The van der Waals surface area contributed by atoms with Crippen LogP contribution in [0.3, 0.4) is 0 Å². The molecule has 0 fully saturated rings. The van der Waals surface area contributed by atoms with Crippen molar-refractivity contribution in [1.82, 2.24) is 15.2 Å². The molecule has 0 aromatic carbocycles. The van der Waals surface area contributed by atoms with Crippen LogP contribution >= 0.6 is 0 Å². The predicted octanol–water partition coefficient (Wildman–Crippen LogP) is 1.56. The minimum Gasteiger partial charge on any atom is -0.382 e. The third-order valence-electron chi connectivity index (χ3n) is 2.84. The highest BCUT2D eigenvalue weighted by atomic mass is 16.1. The summed E-state index contributed by atoms with van der Waals surface area (Å²) in [4.78, 5) is 15.9. The molecule has 110 valence electrons. The molecule has 2 rings (SSSR count). The van der Waals surface area contributed by atoms with Crippen LogP contribution in [-0.4, -0.2) is 21.1 Å². The number of nitrogens with two attached hydrogens (primary N) is 2. The number of nitrogens with one attached hydrogen (secondary N) is 1. The maximum absolute atomic E-state index is 11.4. The minimum atomic E-state index is -0.675. The number of anilines is 3. The predicted molar refractivity (Wildman–Crippen MR) is 81.2 cm³/mol. The number of aryl methyl sites for hydroxylation is 2. The minimum absolute atomic E-state index is 0.0320. The number of aromatic nitrogens is 3. The summed E-state index contributed by atoms with van der Waals surface area (Å²) in [5.41, 5.74) is 13.4. The van der Waals surface area contributed by atoms with Crippen molar-refractivity contribution >= 4 is 23.2 Å². The lowest BCUT2D eigenvalue weighted by atomic mass is 10.2. The molecular weight excluding hydrogens is 268 g/mol. The Balaban J connectivity index is 2.37. The van der Waals surface area contributed by atoms with Gasteiger partial charge in [0.05, 0.1) is 5.69 Å². The molecule has 1 amide bonds. The third kappa shape index (κ3) is 3.65. The van der Waals surface area contributed by atoms with Gasteiger partial charge in [0.2, 0.25) is 0 Å². The molecular formula is C14H18N6O. The second-order valence-corrected chi connectivity index (χ2v) is 4.79. The average molecular weight is 286 g/mol. The highest BCUT2D eigenvalue weighted by molar-refractivity contribution is 5.97. The first kappa shape index (κ1) is 14.7. The van der Waals surface area contributed by atoms with E-state index in [0.29, 0.717) is 11.5 Å². The molecule has 7 nitrogen and oxygen atoms in total. The summed E-state index contributed by atoms with van der Waals surface area (Å²) in [6.07, 6.45) is 1.89. The second-order valence-electron chi connectivity index (χ2n) is 4.79. The molecule has 0 saturated carbocycles. The SMILES string of the molecule is CCCc1cc(C)cc(Nc2cc(N)nnc2C(N)=O)n1. The Morgan fingerprint density at radius 1 is 1.29 bits per heavy atom. The van der Waals surface area contributed by atoms with Crippen LogP contribution < -0.4 is 16.8 Å². The highest BCUT2D eigenvalue weighted by Gasteiger charge is 2.12. The lowest BCUT2D eigenvalue weighted by molar-refractivity contribution is 0.0995. The molecule has 0 spiro atoms. The Bertz CT molecular complexity index is 671. The van der Waals surface area contributed by atoms with Gasteiger partial charge in [0.25, 0.3) is 5.91 Å². The van der Waals surface area contributed by atoms with Crippen molar-refractivity contribution in [3.05, 3.63) is 35.2 Å². The first-order valence-corrected chi connectivity index (χ1v) is 6.67. The summed E-state index contributed by atoms with van der Waals surface area (Å²) >= 11 is 0. The molecule has 0 saturated heterocycles. The van der Waals surface area contributed by atoms with E-state index in [9.17, 15) is 4.79 Å². The van der Waals surface area contributed by atoms with Crippen LogP contribution in [0.25, 0.3) is 0 Å². The van der Waals surface area contributed by atoms with E-state index in [0.717, 1.165) is 24.1 Å². The van der Waals surface area contributed by atoms with Gasteiger partial charge in [0.15, 0.2) is 5.69 Å². The lowest BCUT2D eigenvalue weighted by Crippen LogP contribution is -2.17. The summed E-state index contributed by atoms with van der Waals surface area (Å²) in [7, 11) is 0. The van der Waals surface area contributed by atoms with E-state index in [4.69, 9.17) is 11.5 Å². The van der Waals surface area contributed by atoms with Gasteiger partial charge in [-0.05, 0) is 31.0 Å². The van der Waals surface area contributed by atoms with Crippen molar-refractivity contribution in [1.29, 1.82) is 0 Å². The summed E-state index contributed by atoms with van der Waals surface area (Å²) in [6.45, 7) is 4.08. The van der Waals surface area contributed by atoms with Gasteiger partial charge in [-0.2, -0.15) is 0 Å².